The Balaban J connectivity index is 1.19. The van der Waals surface area contributed by atoms with Crippen LogP contribution in [-0.2, 0) is 6.42 Å². The molecule has 4 aliphatic carbocycles. The highest BCUT2D eigenvalue weighted by Gasteiger charge is 2.62. The number of benzene rings is 1. The normalized spacial score (nSPS) is 41.3. The number of aliphatic hydroxyl groups excluding tert-OH is 2. The molecular weight excluding hydrogens is 476 g/mol. The van der Waals surface area contributed by atoms with Crippen molar-refractivity contribution in [2.75, 3.05) is 7.11 Å². The number of aromatic amines is 1. The van der Waals surface area contributed by atoms with Gasteiger partial charge in [0.25, 0.3) is 5.56 Å². The van der Waals surface area contributed by atoms with Gasteiger partial charge >= 0.3 is 0 Å². The summed E-state index contributed by atoms with van der Waals surface area (Å²) in [6.07, 6.45) is 9.99. The summed E-state index contributed by atoms with van der Waals surface area (Å²) in [5.41, 5.74) is 1.06. The quantitative estimate of drug-likeness (QED) is 0.483. The van der Waals surface area contributed by atoms with Crippen molar-refractivity contribution in [1.29, 1.82) is 0 Å². The smallest absolute Gasteiger partial charge is 0.258 e. The molecule has 4 saturated carbocycles. The Kier molecular flexibility index (Phi) is 6.66. The van der Waals surface area contributed by atoms with Crippen LogP contribution in [0.4, 0.5) is 0 Å². The predicted octanol–water partition coefficient (Wildman–Crippen LogP) is 5.49. The van der Waals surface area contributed by atoms with E-state index in [1.165, 1.54) is 25.7 Å². The fourth-order valence-electron chi connectivity index (χ4n) is 10.2. The van der Waals surface area contributed by atoms with Crippen LogP contribution in [0.2, 0.25) is 0 Å². The van der Waals surface area contributed by atoms with Crippen molar-refractivity contribution in [2.45, 2.75) is 97.2 Å². The van der Waals surface area contributed by atoms with Crippen molar-refractivity contribution < 1.29 is 14.9 Å². The Morgan fingerprint density at radius 1 is 1.08 bits per heavy atom. The molecular formula is C32H46N2O4. The number of rotatable bonds is 5. The van der Waals surface area contributed by atoms with Gasteiger partial charge in [-0.15, -0.1) is 0 Å². The summed E-state index contributed by atoms with van der Waals surface area (Å²) >= 11 is 0. The highest BCUT2D eigenvalue weighted by atomic mass is 16.5. The number of hydrogen-bond donors (Lipinski definition) is 3. The number of para-hydroxylation sites is 1. The highest BCUT2D eigenvalue weighted by Crippen LogP contribution is 2.68. The Bertz CT molecular complexity index is 1240. The number of aryl methyl sites for hydroxylation is 1. The summed E-state index contributed by atoms with van der Waals surface area (Å²) < 4.78 is 5.47. The Morgan fingerprint density at radius 3 is 2.63 bits per heavy atom. The zero-order valence-corrected chi connectivity index (χ0v) is 23.6. The van der Waals surface area contributed by atoms with Crippen LogP contribution in [-0.4, -0.2) is 39.5 Å². The van der Waals surface area contributed by atoms with Gasteiger partial charge in [0.05, 0.1) is 24.7 Å². The van der Waals surface area contributed by atoms with Crippen molar-refractivity contribution in [1.82, 2.24) is 9.97 Å². The number of methoxy groups -OCH3 is 1. The van der Waals surface area contributed by atoms with Gasteiger partial charge in [0, 0.05) is 6.42 Å². The molecule has 0 aliphatic heterocycles. The molecule has 0 saturated heterocycles. The molecule has 2 aromatic rings. The number of nitrogens with zero attached hydrogens (tertiary/aromatic N) is 1. The first-order chi connectivity index (χ1) is 18.2. The maximum atomic E-state index is 12.7. The fraction of sp³-hybridized carbons (Fsp3) is 0.750. The van der Waals surface area contributed by atoms with Crippen molar-refractivity contribution in [3.63, 3.8) is 0 Å². The second kappa shape index (κ2) is 9.62. The molecule has 4 aliphatic rings. The molecule has 3 N–H and O–H groups in total. The molecule has 208 valence electrons. The Morgan fingerprint density at radius 2 is 1.84 bits per heavy atom. The van der Waals surface area contributed by atoms with Crippen LogP contribution in [0.15, 0.2) is 23.0 Å². The van der Waals surface area contributed by atoms with Crippen molar-refractivity contribution in [3.8, 4) is 5.75 Å². The minimum absolute atomic E-state index is 0.101. The number of nitrogens with one attached hydrogen (secondary N) is 1. The molecule has 0 bridgehead atoms. The number of aliphatic hydroxyl groups is 2. The minimum atomic E-state index is -0.232. The lowest BCUT2D eigenvalue weighted by Crippen LogP contribution is -2.58. The average Bonchev–Trinajstić information content (AvgIpc) is 3.25. The first-order valence-corrected chi connectivity index (χ1v) is 15.1. The van der Waals surface area contributed by atoms with E-state index in [2.05, 4.69) is 25.8 Å². The standard InChI is InChI=1S/C32H46N2O4/c1-18(8-11-27-33-29-21(30(37)34-27)6-5-7-26(29)38-4)22-9-10-23-28-24(13-15-32(22,23)3)31(2)14-12-20(35)16-19(31)17-25(28)36/h5-7,18-20,22-25,28,35-36H,8-17H2,1-4H3,(H,33,34,37)/t18-,19+,20-,22-,23+,24?,25-,28+,31+,32-/m1/s1. The average molecular weight is 523 g/mol. The van der Waals surface area contributed by atoms with Gasteiger partial charge in [-0.05, 0) is 116 Å². The third kappa shape index (κ3) is 4.04. The van der Waals surface area contributed by atoms with E-state index in [-0.39, 0.29) is 28.6 Å². The lowest BCUT2D eigenvalue weighted by molar-refractivity contribution is -0.174. The van der Waals surface area contributed by atoms with Crippen molar-refractivity contribution >= 4 is 10.9 Å². The molecule has 6 nitrogen and oxygen atoms in total. The van der Waals surface area contributed by atoms with E-state index in [4.69, 9.17) is 9.72 Å². The van der Waals surface area contributed by atoms with Crippen LogP contribution >= 0.6 is 0 Å². The number of aromatic nitrogens is 2. The van der Waals surface area contributed by atoms with Crippen LogP contribution in [0.5, 0.6) is 5.75 Å². The SMILES string of the molecule is COc1cccc2c(=O)[nH]c(CC[C@@H](C)[C@H]3CC[C@H]4[C@H]5C(CC[C@]34C)[C@@]3(C)CC[C@@H](O)C[C@H]3C[C@H]5O)nc12. The summed E-state index contributed by atoms with van der Waals surface area (Å²) in [5.74, 6) is 4.54. The van der Waals surface area contributed by atoms with Gasteiger partial charge in [0.1, 0.15) is 17.1 Å². The molecule has 0 spiro atoms. The molecule has 10 atom stereocenters. The lowest BCUT2D eigenvalue weighted by Gasteiger charge is -2.62. The largest absolute Gasteiger partial charge is 0.494 e. The molecule has 0 amide bonds. The van der Waals surface area contributed by atoms with Crippen molar-refractivity contribution in [2.24, 2.45) is 46.3 Å². The zero-order valence-electron chi connectivity index (χ0n) is 23.6. The van der Waals surface area contributed by atoms with E-state index in [0.29, 0.717) is 52.2 Å². The third-order valence-electron chi connectivity index (χ3n) is 12.2. The molecule has 1 aromatic heterocycles. The minimum Gasteiger partial charge on any atom is -0.494 e. The fourth-order valence-corrected chi connectivity index (χ4v) is 10.2. The second-order valence-corrected chi connectivity index (χ2v) is 13.8. The maximum Gasteiger partial charge on any atom is 0.258 e. The molecule has 38 heavy (non-hydrogen) atoms. The molecule has 6 rings (SSSR count). The van der Waals surface area contributed by atoms with Crippen LogP contribution < -0.4 is 10.3 Å². The summed E-state index contributed by atoms with van der Waals surface area (Å²) in [6, 6.07) is 5.48. The summed E-state index contributed by atoms with van der Waals surface area (Å²) in [5, 5.41) is 22.4. The Labute approximate surface area is 226 Å². The van der Waals surface area contributed by atoms with Gasteiger partial charge in [0.2, 0.25) is 0 Å². The van der Waals surface area contributed by atoms with E-state index in [1.807, 2.05) is 12.1 Å². The summed E-state index contributed by atoms with van der Waals surface area (Å²) in [7, 11) is 1.62. The lowest BCUT2D eigenvalue weighted by atomic mass is 9.43. The van der Waals surface area contributed by atoms with Gasteiger partial charge in [-0.1, -0.05) is 26.8 Å². The molecule has 4 fully saturated rings. The van der Waals surface area contributed by atoms with E-state index in [9.17, 15) is 15.0 Å². The van der Waals surface area contributed by atoms with Gasteiger partial charge in [0.15, 0.2) is 0 Å². The van der Waals surface area contributed by atoms with Gasteiger partial charge in [-0.25, -0.2) is 4.98 Å². The number of hydrogen-bond acceptors (Lipinski definition) is 5. The topological polar surface area (TPSA) is 95.4 Å². The molecule has 0 radical (unpaired) electrons. The first kappa shape index (κ1) is 26.3. The molecule has 6 heteroatoms. The van der Waals surface area contributed by atoms with Crippen LogP contribution in [0.25, 0.3) is 10.9 Å². The van der Waals surface area contributed by atoms with E-state index in [1.54, 1.807) is 13.2 Å². The monoisotopic (exact) mass is 522 g/mol. The van der Waals surface area contributed by atoms with Crippen molar-refractivity contribution in [3.05, 3.63) is 34.4 Å². The summed E-state index contributed by atoms with van der Waals surface area (Å²) in [4.78, 5) is 20.5. The van der Waals surface area contributed by atoms with E-state index in [0.717, 1.165) is 44.3 Å². The highest BCUT2D eigenvalue weighted by molar-refractivity contribution is 5.83. The summed E-state index contributed by atoms with van der Waals surface area (Å²) in [6.45, 7) is 7.40. The van der Waals surface area contributed by atoms with Crippen LogP contribution in [0, 0.1) is 46.3 Å². The Hall–Kier alpha value is -1.92. The first-order valence-electron chi connectivity index (χ1n) is 15.1. The van der Waals surface area contributed by atoms with E-state index < -0.39 is 0 Å². The molecule has 1 unspecified atom stereocenters. The van der Waals surface area contributed by atoms with E-state index >= 15 is 0 Å². The zero-order chi connectivity index (χ0) is 26.8. The van der Waals surface area contributed by atoms with Gasteiger partial charge in [-0.2, -0.15) is 0 Å². The number of H-pyrrole nitrogens is 1. The maximum absolute atomic E-state index is 12.7. The van der Waals surface area contributed by atoms with Crippen LogP contribution in [0.1, 0.15) is 84.4 Å². The number of fused-ring (bicyclic) bond motifs is 6. The third-order valence-corrected chi connectivity index (χ3v) is 12.2. The predicted molar refractivity (Wildman–Crippen MR) is 149 cm³/mol. The van der Waals surface area contributed by atoms with Crippen LogP contribution in [0.3, 0.4) is 0 Å². The number of ether oxygens (including phenoxy) is 1. The molecule has 1 aromatic carbocycles. The van der Waals surface area contributed by atoms with Gasteiger partial charge < -0.3 is 19.9 Å². The van der Waals surface area contributed by atoms with Gasteiger partial charge in [-0.3, -0.25) is 4.79 Å². The molecule has 1 heterocycles. The second-order valence-electron chi connectivity index (χ2n) is 13.8.